The SMILES string of the molecule is COc1ccc2cc(CN(C)C(=O)COC(=O)c3cccnc3N)ccc2c1. The monoisotopic (exact) mass is 379 g/mol. The molecule has 0 saturated heterocycles. The maximum absolute atomic E-state index is 12.3. The second-order valence-electron chi connectivity index (χ2n) is 6.31. The third-order valence-electron chi connectivity index (χ3n) is 4.34. The lowest BCUT2D eigenvalue weighted by atomic mass is 10.1. The Morgan fingerprint density at radius 2 is 1.86 bits per heavy atom. The molecule has 0 bridgehead atoms. The van der Waals surface area contributed by atoms with Gasteiger partial charge in [0.05, 0.1) is 7.11 Å². The Hall–Kier alpha value is -3.61. The van der Waals surface area contributed by atoms with Crippen LogP contribution in [-0.4, -0.2) is 42.5 Å². The molecule has 1 amide bonds. The molecule has 3 rings (SSSR count). The molecular formula is C21H21N3O4. The van der Waals surface area contributed by atoms with Gasteiger partial charge in [0.2, 0.25) is 0 Å². The number of methoxy groups -OCH3 is 1. The Kier molecular flexibility index (Phi) is 5.74. The first-order valence-electron chi connectivity index (χ1n) is 8.66. The highest BCUT2D eigenvalue weighted by molar-refractivity contribution is 5.95. The smallest absolute Gasteiger partial charge is 0.342 e. The summed E-state index contributed by atoms with van der Waals surface area (Å²) < 4.78 is 10.3. The van der Waals surface area contributed by atoms with Crippen LogP contribution in [0.15, 0.2) is 54.7 Å². The fraction of sp³-hybridized carbons (Fsp3) is 0.190. The summed E-state index contributed by atoms with van der Waals surface area (Å²) in [7, 11) is 3.29. The first-order valence-corrected chi connectivity index (χ1v) is 8.66. The number of likely N-dealkylation sites (N-methyl/N-ethyl adjacent to an activating group) is 1. The summed E-state index contributed by atoms with van der Waals surface area (Å²) in [4.78, 5) is 29.7. The maximum atomic E-state index is 12.3. The van der Waals surface area contributed by atoms with Gasteiger partial charge < -0.3 is 20.1 Å². The van der Waals surface area contributed by atoms with Crippen LogP contribution in [0.4, 0.5) is 5.82 Å². The molecule has 1 heterocycles. The van der Waals surface area contributed by atoms with Crippen LogP contribution in [0.3, 0.4) is 0 Å². The third kappa shape index (κ3) is 4.37. The number of nitrogens with two attached hydrogens (primary N) is 1. The summed E-state index contributed by atoms with van der Waals surface area (Å²) in [6, 6.07) is 14.9. The molecule has 2 N–H and O–H groups in total. The molecule has 0 saturated carbocycles. The average Bonchev–Trinajstić information content (AvgIpc) is 2.71. The van der Waals surface area contributed by atoms with E-state index in [9.17, 15) is 9.59 Å². The van der Waals surface area contributed by atoms with Crippen molar-refractivity contribution in [2.24, 2.45) is 0 Å². The first kappa shape index (κ1) is 19.2. The number of pyridine rings is 1. The Labute approximate surface area is 162 Å². The van der Waals surface area contributed by atoms with E-state index < -0.39 is 5.97 Å². The van der Waals surface area contributed by atoms with Crippen molar-refractivity contribution in [1.82, 2.24) is 9.88 Å². The van der Waals surface area contributed by atoms with Gasteiger partial charge >= 0.3 is 5.97 Å². The molecule has 7 heteroatoms. The minimum atomic E-state index is -0.674. The van der Waals surface area contributed by atoms with Gasteiger partial charge in [-0.2, -0.15) is 0 Å². The number of rotatable bonds is 6. The van der Waals surface area contributed by atoms with Crippen LogP contribution in [0, 0.1) is 0 Å². The highest BCUT2D eigenvalue weighted by Crippen LogP contribution is 2.22. The number of hydrogen-bond donors (Lipinski definition) is 1. The second-order valence-corrected chi connectivity index (χ2v) is 6.31. The Morgan fingerprint density at radius 1 is 1.11 bits per heavy atom. The van der Waals surface area contributed by atoms with Gasteiger partial charge in [-0.05, 0) is 46.7 Å². The highest BCUT2D eigenvalue weighted by atomic mass is 16.5. The van der Waals surface area contributed by atoms with Crippen LogP contribution < -0.4 is 10.5 Å². The van der Waals surface area contributed by atoms with Crippen LogP contribution in [0.1, 0.15) is 15.9 Å². The highest BCUT2D eigenvalue weighted by Gasteiger charge is 2.16. The number of amides is 1. The Balaban J connectivity index is 1.60. The zero-order valence-electron chi connectivity index (χ0n) is 15.7. The minimum Gasteiger partial charge on any atom is -0.497 e. The predicted molar refractivity (Wildman–Crippen MR) is 106 cm³/mol. The van der Waals surface area contributed by atoms with Gasteiger partial charge in [-0.25, -0.2) is 9.78 Å². The van der Waals surface area contributed by atoms with Crippen LogP contribution in [-0.2, 0) is 16.1 Å². The molecule has 3 aromatic rings. The van der Waals surface area contributed by atoms with Gasteiger partial charge in [0, 0.05) is 19.8 Å². The molecule has 0 aliphatic carbocycles. The number of benzene rings is 2. The number of ether oxygens (including phenoxy) is 2. The quantitative estimate of drug-likeness (QED) is 0.662. The molecule has 28 heavy (non-hydrogen) atoms. The van der Waals surface area contributed by atoms with E-state index in [1.807, 2.05) is 36.4 Å². The number of carbonyl (C=O) groups excluding carboxylic acids is 2. The average molecular weight is 379 g/mol. The lowest BCUT2D eigenvalue weighted by molar-refractivity contribution is -0.133. The number of anilines is 1. The molecule has 0 atom stereocenters. The number of esters is 1. The van der Waals surface area contributed by atoms with E-state index in [1.54, 1.807) is 20.2 Å². The normalized spacial score (nSPS) is 10.5. The first-order chi connectivity index (χ1) is 13.5. The zero-order valence-corrected chi connectivity index (χ0v) is 15.7. The van der Waals surface area contributed by atoms with Crippen molar-refractivity contribution in [1.29, 1.82) is 0 Å². The molecule has 2 aromatic carbocycles. The standard InChI is InChI=1S/C21H21N3O4/c1-24(19(25)13-28-21(26)18-4-3-9-23-20(18)22)12-14-5-6-16-11-17(27-2)8-7-15(16)10-14/h3-11H,12-13H2,1-2H3,(H2,22,23). The van der Waals surface area contributed by atoms with E-state index in [2.05, 4.69) is 4.98 Å². The second kappa shape index (κ2) is 8.39. The van der Waals surface area contributed by atoms with Crippen molar-refractivity contribution in [2.45, 2.75) is 6.54 Å². The third-order valence-corrected chi connectivity index (χ3v) is 4.34. The van der Waals surface area contributed by atoms with Crippen molar-refractivity contribution >= 4 is 28.5 Å². The maximum Gasteiger partial charge on any atom is 0.342 e. The van der Waals surface area contributed by atoms with Gasteiger partial charge in [-0.1, -0.05) is 18.2 Å². The van der Waals surface area contributed by atoms with Crippen LogP contribution >= 0.6 is 0 Å². The molecular weight excluding hydrogens is 358 g/mol. The minimum absolute atomic E-state index is 0.0705. The fourth-order valence-corrected chi connectivity index (χ4v) is 2.77. The number of fused-ring (bicyclic) bond motifs is 1. The van der Waals surface area contributed by atoms with Gasteiger partial charge in [-0.3, -0.25) is 4.79 Å². The molecule has 0 aliphatic heterocycles. The van der Waals surface area contributed by atoms with Crippen molar-refractivity contribution < 1.29 is 19.1 Å². The zero-order chi connectivity index (χ0) is 20.1. The number of aromatic nitrogens is 1. The molecule has 0 radical (unpaired) electrons. The lowest BCUT2D eigenvalue weighted by Crippen LogP contribution is -2.31. The molecule has 7 nitrogen and oxygen atoms in total. The van der Waals surface area contributed by atoms with Gasteiger partial charge in [0.1, 0.15) is 17.1 Å². The molecule has 0 unspecified atom stereocenters. The molecule has 0 spiro atoms. The van der Waals surface area contributed by atoms with Crippen LogP contribution in [0.25, 0.3) is 10.8 Å². The Morgan fingerprint density at radius 3 is 2.61 bits per heavy atom. The van der Waals surface area contributed by atoms with E-state index in [-0.39, 0.29) is 23.9 Å². The fourth-order valence-electron chi connectivity index (χ4n) is 2.77. The van der Waals surface area contributed by atoms with Crippen molar-refractivity contribution in [2.75, 3.05) is 26.5 Å². The summed E-state index contributed by atoms with van der Waals surface area (Å²) in [5, 5.41) is 2.11. The molecule has 144 valence electrons. The number of nitrogens with zero attached hydrogens (tertiary/aromatic N) is 2. The van der Waals surface area contributed by atoms with E-state index >= 15 is 0 Å². The number of carbonyl (C=O) groups is 2. The van der Waals surface area contributed by atoms with E-state index in [0.29, 0.717) is 6.54 Å². The lowest BCUT2D eigenvalue weighted by Gasteiger charge is -2.17. The van der Waals surface area contributed by atoms with E-state index in [4.69, 9.17) is 15.2 Å². The summed E-state index contributed by atoms with van der Waals surface area (Å²) in [6.07, 6.45) is 1.48. The summed E-state index contributed by atoms with van der Waals surface area (Å²) in [6.45, 7) is 0.0296. The summed E-state index contributed by atoms with van der Waals surface area (Å²) in [5.41, 5.74) is 6.75. The Bertz CT molecular complexity index is 1020. The van der Waals surface area contributed by atoms with Crippen LogP contribution in [0.5, 0.6) is 5.75 Å². The molecule has 0 aliphatic rings. The largest absolute Gasteiger partial charge is 0.497 e. The van der Waals surface area contributed by atoms with Gasteiger partial charge in [-0.15, -0.1) is 0 Å². The number of nitrogen functional groups attached to an aromatic ring is 1. The van der Waals surface area contributed by atoms with Crippen LogP contribution in [0.2, 0.25) is 0 Å². The van der Waals surface area contributed by atoms with Crippen molar-refractivity contribution in [3.8, 4) is 5.75 Å². The van der Waals surface area contributed by atoms with E-state index in [0.717, 1.165) is 22.1 Å². The number of hydrogen-bond acceptors (Lipinski definition) is 6. The van der Waals surface area contributed by atoms with E-state index in [1.165, 1.54) is 17.2 Å². The van der Waals surface area contributed by atoms with Crippen molar-refractivity contribution in [3.63, 3.8) is 0 Å². The van der Waals surface area contributed by atoms with Gasteiger partial charge in [0.25, 0.3) is 5.91 Å². The summed E-state index contributed by atoms with van der Waals surface area (Å²) >= 11 is 0. The van der Waals surface area contributed by atoms with Crippen molar-refractivity contribution in [3.05, 3.63) is 65.9 Å². The summed E-state index contributed by atoms with van der Waals surface area (Å²) in [5.74, 6) is -0.123. The van der Waals surface area contributed by atoms with Gasteiger partial charge in [0.15, 0.2) is 6.61 Å². The predicted octanol–water partition coefficient (Wildman–Crippen LogP) is 2.64. The topological polar surface area (TPSA) is 94.7 Å². The molecule has 1 aromatic heterocycles. The molecule has 0 fully saturated rings.